The van der Waals surface area contributed by atoms with Gasteiger partial charge in [-0.2, -0.15) is 5.26 Å². The van der Waals surface area contributed by atoms with E-state index in [0.29, 0.717) is 17.0 Å². The number of thiophene rings is 1. The summed E-state index contributed by atoms with van der Waals surface area (Å²) < 4.78 is 0. The van der Waals surface area contributed by atoms with Gasteiger partial charge in [0.1, 0.15) is 11.1 Å². The third-order valence-electron chi connectivity index (χ3n) is 6.52. The molecular weight excluding hydrogens is 486 g/mol. The van der Waals surface area contributed by atoms with Crippen molar-refractivity contribution < 1.29 is 9.59 Å². The quantitative estimate of drug-likeness (QED) is 0.301. The van der Waals surface area contributed by atoms with Crippen molar-refractivity contribution in [3.63, 3.8) is 0 Å². The average molecular weight is 518 g/mol. The van der Waals surface area contributed by atoms with E-state index in [1.54, 1.807) is 0 Å². The van der Waals surface area contributed by atoms with Crippen LogP contribution in [0.4, 0.5) is 10.7 Å². The first-order valence-corrected chi connectivity index (χ1v) is 14.2. The number of benzene rings is 2. The van der Waals surface area contributed by atoms with Gasteiger partial charge in [-0.05, 0) is 49.9 Å². The minimum atomic E-state index is -0.328. The predicted molar refractivity (Wildman–Crippen MR) is 149 cm³/mol. The Balaban J connectivity index is 1.42. The van der Waals surface area contributed by atoms with E-state index in [9.17, 15) is 14.9 Å². The molecule has 1 unspecified atom stereocenters. The predicted octanol–water partition coefficient (Wildman–Crippen LogP) is 7.62. The second kappa shape index (κ2) is 12.2. The van der Waals surface area contributed by atoms with Crippen molar-refractivity contribution in [2.24, 2.45) is 5.92 Å². The van der Waals surface area contributed by atoms with Gasteiger partial charge in [0.05, 0.1) is 10.8 Å². The molecule has 0 radical (unpaired) electrons. The molecular formula is C29H31N3O2S2. The van der Waals surface area contributed by atoms with Crippen LogP contribution in [0, 0.1) is 24.2 Å². The fourth-order valence-corrected chi connectivity index (χ4v) is 6.38. The molecule has 36 heavy (non-hydrogen) atoms. The Morgan fingerprint density at radius 1 is 1.11 bits per heavy atom. The summed E-state index contributed by atoms with van der Waals surface area (Å²) in [5.74, 6) is 0.0508. The van der Waals surface area contributed by atoms with Crippen LogP contribution in [0.1, 0.15) is 56.6 Å². The van der Waals surface area contributed by atoms with Crippen molar-refractivity contribution in [3.05, 3.63) is 65.0 Å². The first kappa shape index (κ1) is 26.0. The zero-order chi connectivity index (χ0) is 25.5. The van der Waals surface area contributed by atoms with Crippen LogP contribution < -0.4 is 10.6 Å². The first-order chi connectivity index (χ1) is 17.5. The smallest absolute Gasteiger partial charge is 0.238 e. The summed E-state index contributed by atoms with van der Waals surface area (Å²) >= 11 is 2.84. The number of carbonyl (C=O) groups excluding carboxylic acids is 2. The first-order valence-electron chi connectivity index (χ1n) is 12.5. The van der Waals surface area contributed by atoms with E-state index in [-0.39, 0.29) is 23.0 Å². The molecule has 2 amide bonds. The Labute approximate surface area is 221 Å². The zero-order valence-electron chi connectivity index (χ0n) is 20.7. The molecule has 1 saturated carbocycles. The summed E-state index contributed by atoms with van der Waals surface area (Å²) in [5, 5.41) is 18.0. The number of thioether (sulfide) groups is 1. The Kier molecular flexibility index (Phi) is 8.84. The topological polar surface area (TPSA) is 82.0 Å². The van der Waals surface area contributed by atoms with Gasteiger partial charge in [-0.3, -0.25) is 9.59 Å². The lowest BCUT2D eigenvalue weighted by molar-refractivity contribution is -0.120. The molecule has 3 aromatic rings. The van der Waals surface area contributed by atoms with Crippen LogP contribution in [-0.2, 0) is 9.59 Å². The Hall–Kier alpha value is -3.08. The van der Waals surface area contributed by atoms with E-state index in [4.69, 9.17) is 0 Å². The van der Waals surface area contributed by atoms with Crippen molar-refractivity contribution in [2.45, 2.75) is 62.5 Å². The van der Waals surface area contributed by atoms with Crippen molar-refractivity contribution in [3.8, 4) is 17.2 Å². The fourth-order valence-electron chi connectivity index (χ4n) is 4.44. The number of nitrogens with zero attached hydrogens (tertiary/aromatic N) is 1. The van der Waals surface area contributed by atoms with Crippen molar-refractivity contribution in [1.29, 1.82) is 5.26 Å². The third-order valence-corrected chi connectivity index (χ3v) is 8.77. The molecule has 1 aromatic heterocycles. The zero-order valence-corrected chi connectivity index (χ0v) is 22.3. The monoisotopic (exact) mass is 517 g/mol. The third kappa shape index (κ3) is 6.37. The summed E-state index contributed by atoms with van der Waals surface area (Å²) in [5.41, 5.74) is 4.20. The van der Waals surface area contributed by atoms with Crippen LogP contribution in [0.15, 0.2) is 58.8 Å². The van der Waals surface area contributed by atoms with Gasteiger partial charge in [0.2, 0.25) is 11.8 Å². The molecule has 1 heterocycles. The molecule has 4 rings (SSSR count). The maximum atomic E-state index is 13.2. The lowest BCUT2D eigenvalue weighted by Crippen LogP contribution is -2.25. The van der Waals surface area contributed by atoms with Crippen LogP contribution in [0.3, 0.4) is 0 Å². The second-order valence-corrected chi connectivity index (χ2v) is 11.3. The van der Waals surface area contributed by atoms with Gasteiger partial charge in [-0.25, -0.2) is 0 Å². The number of rotatable bonds is 8. The highest BCUT2D eigenvalue weighted by atomic mass is 32.2. The van der Waals surface area contributed by atoms with Crippen LogP contribution in [-0.4, -0.2) is 17.1 Å². The average Bonchev–Trinajstić information content (AvgIpc) is 3.30. The number of aryl methyl sites for hydroxylation is 1. The summed E-state index contributed by atoms with van der Waals surface area (Å²) in [4.78, 5) is 26.7. The number of hydrogen-bond donors (Lipinski definition) is 2. The van der Waals surface area contributed by atoms with Gasteiger partial charge >= 0.3 is 0 Å². The van der Waals surface area contributed by atoms with E-state index >= 15 is 0 Å². The second-order valence-electron chi connectivity index (χ2n) is 9.19. The molecule has 5 nitrogen and oxygen atoms in total. The highest BCUT2D eigenvalue weighted by Crippen LogP contribution is 2.36. The molecule has 0 aliphatic heterocycles. The van der Waals surface area contributed by atoms with Crippen molar-refractivity contribution >= 4 is 45.6 Å². The summed E-state index contributed by atoms with van der Waals surface area (Å²) in [6.07, 6.45) is 5.99. The number of nitrogens with one attached hydrogen (secondary N) is 2. The van der Waals surface area contributed by atoms with Crippen molar-refractivity contribution in [1.82, 2.24) is 0 Å². The highest BCUT2D eigenvalue weighted by Gasteiger charge is 2.23. The van der Waals surface area contributed by atoms with Crippen LogP contribution in [0.25, 0.3) is 11.1 Å². The van der Waals surface area contributed by atoms with E-state index in [2.05, 4.69) is 16.7 Å². The molecule has 0 saturated heterocycles. The number of carbonyl (C=O) groups is 2. The van der Waals surface area contributed by atoms with E-state index in [1.807, 2.05) is 67.8 Å². The van der Waals surface area contributed by atoms with E-state index < -0.39 is 0 Å². The lowest BCUT2D eigenvalue weighted by Gasteiger charge is -2.21. The highest BCUT2D eigenvalue weighted by molar-refractivity contribution is 8.00. The van der Waals surface area contributed by atoms with Crippen LogP contribution >= 0.6 is 23.1 Å². The molecule has 0 bridgehead atoms. The van der Waals surface area contributed by atoms with Crippen molar-refractivity contribution in [2.75, 3.05) is 10.6 Å². The molecule has 1 aliphatic rings. The Bertz CT molecular complexity index is 1250. The molecule has 186 valence electrons. The van der Waals surface area contributed by atoms with Gasteiger partial charge in [0, 0.05) is 27.4 Å². The fraction of sp³-hybridized carbons (Fsp3) is 0.345. The number of nitriles is 1. The number of amides is 2. The van der Waals surface area contributed by atoms with E-state index in [1.165, 1.54) is 29.5 Å². The molecule has 1 fully saturated rings. The summed E-state index contributed by atoms with van der Waals surface area (Å²) in [6, 6.07) is 18.0. The largest absolute Gasteiger partial charge is 0.326 e. The van der Waals surface area contributed by atoms with E-state index in [0.717, 1.165) is 53.0 Å². The van der Waals surface area contributed by atoms with Crippen LogP contribution in [0.2, 0.25) is 0 Å². The van der Waals surface area contributed by atoms with Gasteiger partial charge < -0.3 is 10.6 Å². The molecule has 2 N–H and O–H groups in total. The molecule has 0 spiro atoms. The molecule has 1 atom stereocenters. The minimum absolute atomic E-state index is 0.0905. The number of anilines is 2. The maximum Gasteiger partial charge on any atom is 0.238 e. The van der Waals surface area contributed by atoms with Gasteiger partial charge in [-0.1, -0.05) is 62.1 Å². The molecule has 7 heteroatoms. The molecule has 2 aromatic carbocycles. The SMILES string of the molecule is CCC(Sc1cccc(NC(=O)C2CCCCC2)c1)C(=O)Nc1scc(-c2ccc(C)cc2)c1C#N. The van der Waals surface area contributed by atoms with Gasteiger partial charge in [0.25, 0.3) is 0 Å². The summed E-state index contributed by atoms with van der Waals surface area (Å²) in [7, 11) is 0. The standard InChI is InChI=1S/C29H31N3O2S2/c1-3-26(36-23-11-7-10-22(16-23)31-27(33)21-8-5-4-6-9-21)28(34)32-29-24(17-30)25(18-35-29)20-14-12-19(2)13-15-20/h7,10-16,18,21,26H,3-6,8-9H2,1-2H3,(H,31,33)(H,32,34). The Morgan fingerprint density at radius 2 is 1.86 bits per heavy atom. The lowest BCUT2D eigenvalue weighted by atomic mass is 9.88. The number of hydrogen-bond acceptors (Lipinski definition) is 5. The normalized spacial score (nSPS) is 14.6. The van der Waals surface area contributed by atoms with Gasteiger partial charge in [-0.15, -0.1) is 23.1 Å². The summed E-state index contributed by atoms with van der Waals surface area (Å²) in [6.45, 7) is 4.00. The van der Waals surface area contributed by atoms with Gasteiger partial charge in [0.15, 0.2) is 0 Å². The Morgan fingerprint density at radius 3 is 2.56 bits per heavy atom. The van der Waals surface area contributed by atoms with Crippen LogP contribution in [0.5, 0.6) is 0 Å². The maximum absolute atomic E-state index is 13.2. The minimum Gasteiger partial charge on any atom is -0.326 e. The molecule has 1 aliphatic carbocycles.